The molecule has 5 amide bonds. The first-order chi connectivity index (χ1) is 19.4. The smallest absolute Gasteiger partial charge is 0.315 e. The first-order valence-corrected chi connectivity index (χ1v) is 15.3. The average Bonchev–Trinajstić information content (AvgIpc) is 3.30. The predicted molar refractivity (Wildman–Crippen MR) is 147 cm³/mol. The lowest BCUT2D eigenvalue weighted by Gasteiger charge is -2.36. The molecule has 1 heterocycles. The van der Waals surface area contributed by atoms with E-state index in [0.717, 1.165) is 57.8 Å². The lowest BCUT2D eigenvalue weighted by atomic mass is 9.76. The topological polar surface area (TPSA) is 151 Å². The van der Waals surface area contributed by atoms with Gasteiger partial charge in [0.25, 0.3) is 11.8 Å². The fourth-order valence-corrected chi connectivity index (χ4v) is 6.88. The van der Waals surface area contributed by atoms with Crippen molar-refractivity contribution >= 4 is 29.5 Å². The molecule has 4 fully saturated rings. The van der Waals surface area contributed by atoms with Crippen molar-refractivity contribution in [2.75, 3.05) is 13.1 Å². The van der Waals surface area contributed by atoms with Crippen LogP contribution in [0.3, 0.4) is 0 Å². The minimum atomic E-state index is -2.94. The number of hydrogen-bond acceptors (Lipinski definition) is 5. The number of ketones is 1. The second-order valence-corrected chi connectivity index (χ2v) is 13.0. The van der Waals surface area contributed by atoms with Crippen LogP contribution in [-0.2, 0) is 19.2 Å². The van der Waals surface area contributed by atoms with Crippen molar-refractivity contribution in [3.8, 4) is 0 Å². The number of nitrogens with two attached hydrogens (primary N) is 1. The molecule has 12 heteroatoms. The minimum Gasteiger partial charge on any atom is -0.363 e. The summed E-state index contributed by atoms with van der Waals surface area (Å²) < 4.78 is 27.1. The monoisotopic (exact) mass is 581 g/mol. The molecule has 0 aromatic carbocycles. The van der Waals surface area contributed by atoms with Crippen LogP contribution >= 0.6 is 0 Å². The molecule has 0 radical (unpaired) electrons. The highest BCUT2D eigenvalue weighted by Gasteiger charge is 2.58. The van der Waals surface area contributed by atoms with Gasteiger partial charge in [-0.3, -0.25) is 19.2 Å². The third kappa shape index (κ3) is 7.94. The summed E-state index contributed by atoms with van der Waals surface area (Å²) in [6.07, 6.45) is 10.1. The van der Waals surface area contributed by atoms with Crippen LogP contribution in [0.25, 0.3) is 0 Å². The Morgan fingerprint density at radius 2 is 1.56 bits per heavy atom. The molecular weight excluding hydrogens is 536 g/mol. The van der Waals surface area contributed by atoms with Crippen LogP contribution in [0.5, 0.6) is 0 Å². The zero-order valence-corrected chi connectivity index (χ0v) is 24.0. The van der Waals surface area contributed by atoms with Crippen molar-refractivity contribution in [2.24, 2.45) is 23.0 Å². The molecule has 3 saturated carbocycles. The molecule has 0 aromatic rings. The van der Waals surface area contributed by atoms with E-state index in [-0.39, 0.29) is 23.8 Å². The third-order valence-corrected chi connectivity index (χ3v) is 9.60. The van der Waals surface area contributed by atoms with Gasteiger partial charge in [0.2, 0.25) is 17.6 Å². The number of nitrogens with one attached hydrogen (secondary N) is 3. The Hall–Kier alpha value is -2.79. The van der Waals surface area contributed by atoms with E-state index >= 15 is 0 Å². The van der Waals surface area contributed by atoms with Gasteiger partial charge in [0, 0.05) is 25.4 Å². The summed E-state index contributed by atoms with van der Waals surface area (Å²) >= 11 is 0. The van der Waals surface area contributed by atoms with Crippen LogP contribution in [0.15, 0.2) is 0 Å². The van der Waals surface area contributed by atoms with E-state index in [2.05, 4.69) is 22.9 Å². The number of alkyl halides is 2. The maximum atomic E-state index is 13.9. The number of carbonyl (C=O) groups excluding carboxylic acids is 5. The van der Waals surface area contributed by atoms with Crippen molar-refractivity contribution in [2.45, 2.75) is 121 Å². The number of likely N-dealkylation sites (tertiary alicyclic amines) is 1. The Bertz CT molecular complexity index is 1010. The first-order valence-electron chi connectivity index (χ1n) is 15.3. The van der Waals surface area contributed by atoms with Gasteiger partial charge >= 0.3 is 6.03 Å². The standard InChI is InChI=1S/C29H45F2N5O5/c1-28(12-6-3-7-13-28)17-33-27(41)35-22(18-9-4-2-5-10-18)26(40)36-14-8-11-21(36)25(39)34-20(23(37)24(32)38)15-19-16-29(19,30)31/h18-22H,2-17H2,1H3,(H2,32,38)(H,34,39)(H2,33,35,41). The molecule has 41 heavy (non-hydrogen) atoms. The van der Waals surface area contributed by atoms with E-state index in [1.54, 1.807) is 0 Å². The highest BCUT2D eigenvalue weighted by Crippen LogP contribution is 2.51. The van der Waals surface area contributed by atoms with Gasteiger partial charge < -0.3 is 26.6 Å². The third-order valence-electron chi connectivity index (χ3n) is 9.60. The molecule has 0 bridgehead atoms. The summed E-state index contributed by atoms with van der Waals surface area (Å²) in [6, 6.07) is -3.63. The summed E-state index contributed by atoms with van der Waals surface area (Å²) in [6.45, 7) is 2.98. The van der Waals surface area contributed by atoms with E-state index in [1.165, 1.54) is 11.3 Å². The van der Waals surface area contributed by atoms with Crippen LogP contribution in [0.4, 0.5) is 13.6 Å². The second kappa shape index (κ2) is 13.0. The van der Waals surface area contributed by atoms with E-state index < -0.39 is 66.4 Å². The van der Waals surface area contributed by atoms with E-state index in [1.807, 2.05) is 0 Å². The zero-order valence-electron chi connectivity index (χ0n) is 24.0. The number of halogens is 2. The lowest BCUT2D eigenvalue weighted by Crippen LogP contribution is -2.59. The van der Waals surface area contributed by atoms with E-state index in [0.29, 0.717) is 19.4 Å². The van der Waals surface area contributed by atoms with Crippen LogP contribution in [0, 0.1) is 17.3 Å². The molecule has 1 saturated heterocycles. The number of urea groups is 1. The summed E-state index contributed by atoms with van der Waals surface area (Å²) in [5.74, 6) is -7.62. The normalized spacial score (nSPS) is 26.9. The Morgan fingerprint density at radius 1 is 0.927 bits per heavy atom. The molecule has 10 nitrogen and oxygen atoms in total. The van der Waals surface area contributed by atoms with E-state index in [4.69, 9.17) is 5.73 Å². The Labute approximate surface area is 240 Å². The maximum Gasteiger partial charge on any atom is 0.315 e. The molecule has 0 spiro atoms. The lowest BCUT2D eigenvalue weighted by molar-refractivity contribution is -0.143. The van der Waals surface area contributed by atoms with Gasteiger partial charge in [-0.2, -0.15) is 0 Å². The van der Waals surface area contributed by atoms with Crippen LogP contribution in [0.2, 0.25) is 0 Å². The van der Waals surface area contributed by atoms with Gasteiger partial charge in [-0.1, -0.05) is 45.4 Å². The zero-order chi connectivity index (χ0) is 29.8. The Kier molecular flexibility index (Phi) is 9.89. The number of hydrogen-bond donors (Lipinski definition) is 4. The van der Waals surface area contributed by atoms with E-state index in [9.17, 15) is 32.8 Å². The average molecular weight is 582 g/mol. The number of rotatable bonds is 11. The predicted octanol–water partition coefficient (Wildman–Crippen LogP) is 2.78. The van der Waals surface area contributed by atoms with Gasteiger partial charge in [0.1, 0.15) is 12.1 Å². The summed E-state index contributed by atoms with van der Waals surface area (Å²) in [5, 5.41) is 8.34. The van der Waals surface area contributed by atoms with Crippen molar-refractivity contribution in [3.63, 3.8) is 0 Å². The number of nitrogens with zero attached hydrogens (tertiary/aromatic N) is 1. The largest absolute Gasteiger partial charge is 0.363 e. The van der Waals surface area contributed by atoms with Gasteiger partial charge in [0.15, 0.2) is 0 Å². The number of amides is 5. The summed E-state index contributed by atoms with van der Waals surface area (Å²) in [4.78, 5) is 65.6. The van der Waals surface area contributed by atoms with Crippen LogP contribution < -0.4 is 21.7 Å². The van der Waals surface area contributed by atoms with Gasteiger partial charge in [-0.25, -0.2) is 13.6 Å². The molecule has 4 rings (SSSR count). The van der Waals surface area contributed by atoms with Crippen molar-refractivity contribution in [3.05, 3.63) is 0 Å². The molecular formula is C29H45F2N5O5. The van der Waals surface area contributed by atoms with Gasteiger partial charge in [-0.15, -0.1) is 0 Å². The number of Topliss-reactive ketones (excluding diaryl/α,β-unsaturated/α-hetero) is 1. The van der Waals surface area contributed by atoms with Crippen molar-refractivity contribution < 1.29 is 32.8 Å². The molecule has 230 valence electrons. The second-order valence-electron chi connectivity index (χ2n) is 13.0. The Morgan fingerprint density at radius 3 is 2.17 bits per heavy atom. The first kappa shape index (κ1) is 31.2. The quantitative estimate of drug-likeness (QED) is 0.277. The van der Waals surface area contributed by atoms with Crippen molar-refractivity contribution in [1.82, 2.24) is 20.9 Å². The van der Waals surface area contributed by atoms with Gasteiger partial charge in [-0.05, 0) is 56.3 Å². The fraction of sp³-hybridized carbons (Fsp3) is 0.828. The highest BCUT2D eigenvalue weighted by atomic mass is 19.3. The fourth-order valence-electron chi connectivity index (χ4n) is 6.88. The van der Waals surface area contributed by atoms with Crippen molar-refractivity contribution in [1.29, 1.82) is 0 Å². The Balaban J connectivity index is 1.43. The SMILES string of the molecule is CC1(CNC(=O)NC(C(=O)N2CCCC2C(=O)NC(CC2CC2(F)F)C(=O)C(N)=O)C2CCCCC2)CCCCC1. The molecule has 4 atom stereocenters. The number of primary amides is 1. The molecule has 3 aliphatic carbocycles. The summed E-state index contributed by atoms with van der Waals surface area (Å²) in [5.41, 5.74) is 5.15. The number of carbonyl (C=O) groups is 5. The van der Waals surface area contributed by atoms with Crippen LogP contribution in [-0.4, -0.2) is 71.6 Å². The molecule has 5 N–H and O–H groups in total. The summed E-state index contributed by atoms with van der Waals surface area (Å²) in [7, 11) is 0. The van der Waals surface area contributed by atoms with Gasteiger partial charge in [0.05, 0.1) is 6.04 Å². The van der Waals surface area contributed by atoms with Crippen LogP contribution in [0.1, 0.15) is 96.8 Å². The maximum absolute atomic E-state index is 13.9. The minimum absolute atomic E-state index is 0.0292. The molecule has 4 aliphatic rings. The molecule has 4 unspecified atom stereocenters. The molecule has 1 aliphatic heterocycles. The highest BCUT2D eigenvalue weighted by molar-refractivity contribution is 6.37. The molecule has 0 aromatic heterocycles.